The third-order valence-corrected chi connectivity index (χ3v) is 4.19. The molecule has 0 N–H and O–H groups in total. The minimum absolute atomic E-state index is 0.0439. The van der Waals surface area contributed by atoms with E-state index < -0.39 is 0 Å². The number of hydrogen-bond donors (Lipinski definition) is 0. The average Bonchev–Trinajstić information content (AvgIpc) is 3.25. The number of ketones is 1. The van der Waals surface area contributed by atoms with Crippen LogP contribution in [0.5, 0.6) is 0 Å². The predicted octanol–water partition coefficient (Wildman–Crippen LogP) is 0.988. The van der Waals surface area contributed by atoms with Crippen molar-refractivity contribution in [2.24, 2.45) is 0 Å². The lowest BCUT2D eigenvalue weighted by Gasteiger charge is -2.22. The molecule has 1 aromatic rings. The van der Waals surface area contributed by atoms with Crippen molar-refractivity contribution >= 4 is 11.7 Å². The zero-order valence-electron chi connectivity index (χ0n) is 11.6. The first kappa shape index (κ1) is 13.1. The molecule has 106 valence electrons. The molecule has 0 atom stereocenters. The standard InChI is InChI=1S/C15H18N2O3/c1-16(10-5-6-10)15(20)9-17-12-3-2-4-13(18)11(12)7-8-14(17)19/h7-8,10H,2-6,9H2,1H3. The van der Waals surface area contributed by atoms with Gasteiger partial charge < -0.3 is 9.47 Å². The number of amides is 1. The van der Waals surface area contributed by atoms with Crippen molar-refractivity contribution in [2.75, 3.05) is 7.05 Å². The Morgan fingerprint density at radius 1 is 1.30 bits per heavy atom. The molecule has 1 heterocycles. The minimum Gasteiger partial charge on any atom is -0.341 e. The van der Waals surface area contributed by atoms with Gasteiger partial charge in [-0.2, -0.15) is 0 Å². The third kappa shape index (κ3) is 2.28. The summed E-state index contributed by atoms with van der Waals surface area (Å²) in [7, 11) is 1.78. The number of likely N-dealkylation sites (N-methyl/N-ethyl adjacent to an activating group) is 1. The molecule has 3 rings (SSSR count). The summed E-state index contributed by atoms with van der Waals surface area (Å²) in [5.41, 5.74) is 1.14. The van der Waals surface area contributed by atoms with Gasteiger partial charge in [0.05, 0.1) is 0 Å². The van der Waals surface area contributed by atoms with Crippen LogP contribution in [0.3, 0.4) is 0 Å². The number of Topliss-reactive ketones (excluding diaryl/α,β-unsaturated/α-hetero) is 1. The van der Waals surface area contributed by atoms with Crippen molar-refractivity contribution in [3.05, 3.63) is 33.7 Å². The van der Waals surface area contributed by atoms with E-state index in [4.69, 9.17) is 0 Å². The van der Waals surface area contributed by atoms with Crippen molar-refractivity contribution in [1.29, 1.82) is 0 Å². The Morgan fingerprint density at radius 2 is 2.05 bits per heavy atom. The quantitative estimate of drug-likeness (QED) is 0.826. The molecule has 2 aliphatic rings. The lowest BCUT2D eigenvalue weighted by atomic mass is 9.94. The summed E-state index contributed by atoms with van der Waals surface area (Å²) in [4.78, 5) is 37.8. The first-order valence-corrected chi connectivity index (χ1v) is 7.09. The van der Waals surface area contributed by atoms with Crippen LogP contribution in [0.25, 0.3) is 0 Å². The number of rotatable bonds is 3. The Kier molecular flexibility index (Phi) is 3.20. The van der Waals surface area contributed by atoms with Crippen LogP contribution in [-0.2, 0) is 17.8 Å². The van der Waals surface area contributed by atoms with Crippen LogP contribution in [0.15, 0.2) is 16.9 Å². The Hall–Kier alpha value is -1.91. The fourth-order valence-corrected chi connectivity index (χ4v) is 2.78. The molecular formula is C15H18N2O3. The van der Waals surface area contributed by atoms with Crippen LogP contribution >= 0.6 is 0 Å². The molecule has 0 aliphatic heterocycles. The molecule has 5 nitrogen and oxygen atoms in total. The summed E-state index contributed by atoms with van der Waals surface area (Å²) < 4.78 is 1.48. The van der Waals surface area contributed by atoms with Gasteiger partial charge in [0.25, 0.3) is 5.56 Å². The number of fused-ring (bicyclic) bond motifs is 1. The zero-order valence-corrected chi connectivity index (χ0v) is 11.6. The summed E-state index contributed by atoms with van der Waals surface area (Å²) in [6, 6.07) is 3.33. The number of aromatic nitrogens is 1. The minimum atomic E-state index is -0.198. The van der Waals surface area contributed by atoms with E-state index in [1.807, 2.05) is 0 Å². The number of hydrogen-bond acceptors (Lipinski definition) is 3. The van der Waals surface area contributed by atoms with Crippen LogP contribution in [0.4, 0.5) is 0 Å². The molecule has 0 aromatic carbocycles. The molecule has 5 heteroatoms. The first-order chi connectivity index (χ1) is 9.58. The van der Waals surface area contributed by atoms with Gasteiger partial charge in [-0.3, -0.25) is 14.4 Å². The summed E-state index contributed by atoms with van der Waals surface area (Å²) in [6.45, 7) is 0.0439. The molecule has 1 aromatic heterocycles. The average molecular weight is 274 g/mol. The first-order valence-electron chi connectivity index (χ1n) is 7.09. The SMILES string of the molecule is CN(C(=O)Cn1c2c(ccc1=O)C(=O)CCC2)C1CC1. The van der Waals surface area contributed by atoms with Gasteiger partial charge in [0.15, 0.2) is 5.78 Å². The molecule has 0 radical (unpaired) electrons. The van der Waals surface area contributed by atoms with Gasteiger partial charge in [0.2, 0.25) is 5.91 Å². The van der Waals surface area contributed by atoms with Crippen molar-refractivity contribution < 1.29 is 9.59 Å². The van der Waals surface area contributed by atoms with E-state index in [0.717, 1.165) is 25.0 Å². The summed E-state index contributed by atoms with van der Waals surface area (Å²) >= 11 is 0. The van der Waals surface area contributed by atoms with E-state index in [2.05, 4.69) is 0 Å². The Bertz CT molecular complexity index is 628. The van der Waals surface area contributed by atoms with E-state index in [-0.39, 0.29) is 23.8 Å². The van der Waals surface area contributed by atoms with Gasteiger partial charge in [-0.25, -0.2) is 0 Å². The number of carbonyl (C=O) groups is 2. The van der Waals surface area contributed by atoms with Crippen LogP contribution in [0, 0.1) is 0 Å². The molecule has 20 heavy (non-hydrogen) atoms. The molecular weight excluding hydrogens is 256 g/mol. The maximum atomic E-state index is 12.2. The molecule has 1 fully saturated rings. The molecule has 2 aliphatic carbocycles. The Labute approximate surface area is 117 Å². The van der Waals surface area contributed by atoms with Crippen molar-refractivity contribution in [2.45, 2.75) is 44.7 Å². The predicted molar refractivity (Wildman–Crippen MR) is 73.8 cm³/mol. The van der Waals surface area contributed by atoms with Crippen molar-refractivity contribution in [3.8, 4) is 0 Å². The Balaban J connectivity index is 1.92. The second-order valence-corrected chi connectivity index (χ2v) is 5.63. The van der Waals surface area contributed by atoms with Gasteiger partial charge in [0, 0.05) is 36.8 Å². The largest absolute Gasteiger partial charge is 0.341 e. The van der Waals surface area contributed by atoms with E-state index in [1.165, 1.54) is 10.6 Å². The Morgan fingerprint density at radius 3 is 2.75 bits per heavy atom. The highest BCUT2D eigenvalue weighted by Gasteiger charge is 2.30. The van der Waals surface area contributed by atoms with Crippen LogP contribution in [-0.4, -0.2) is 34.2 Å². The van der Waals surface area contributed by atoms with Crippen LogP contribution in [0.2, 0.25) is 0 Å². The fourth-order valence-electron chi connectivity index (χ4n) is 2.78. The lowest BCUT2D eigenvalue weighted by molar-refractivity contribution is -0.131. The zero-order chi connectivity index (χ0) is 14.3. The molecule has 1 saturated carbocycles. The van der Waals surface area contributed by atoms with Gasteiger partial charge in [0.1, 0.15) is 6.54 Å². The van der Waals surface area contributed by atoms with Gasteiger partial charge in [-0.1, -0.05) is 0 Å². The molecule has 0 spiro atoms. The van der Waals surface area contributed by atoms with Gasteiger partial charge in [-0.15, -0.1) is 0 Å². The molecule has 0 bridgehead atoms. The maximum Gasteiger partial charge on any atom is 0.251 e. The second-order valence-electron chi connectivity index (χ2n) is 5.63. The second kappa shape index (κ2) is 4.89. The highest BCUT2D eigenvalue weighted by molar-refractivity contribution is 5.98. The van der Waals surface area contributed by atoms with E-state index >= 15 is 0 Å². The fraction of sp³-hybridized carbons (Fsp3) is 0.533. The van der Waals surface area contributed by atoms with E-state index in [1.54, 1.807) is 18.0 Å². The topological polar surface area (TPSA) is 59.4 Å². The number of nitrogens with zero attached hydrogens (tertiary/aromatic N) is 2. The normalized spacial score (nSPS) is 17.8. The number of pyridine rings is 1. The molecule has 1 amide bonds. The monoisotopic (exact) mass is 274 g/mol. The molecule has 0 unspecified atom stereocenters. The van der Waals surface area contributed by atoms with Gasteiger partial charge in [-0.05, 0) is 31.7 Å². The maximum absolute atomic E-state index is 12.2. The van der Waals surface area contributed by atoms with Crippen molar-refractivity contribution in [3.63, 3.8) is 0 Å². The highest BCUT2D eigenvalue weighted by atomic mass is 16.2. The summed E-state index contributed by atoms with van der Waals surface area (Å²) in [5.74, 6) is 0.0176. The summed E-state index contributed by atoms with van der Waals surface area (Å²) in [5, 5.41) is 0. The summed E-state index contributed by atoms with van der Waals surface area (Å²) in [6.07, 6.45) is 4.06. The highest BCUT2D eigenvalue weighted by Crippen LogP contribution is 2.26. The van der Waals surface area contributed by atoms with Crippen LogP contribution < -0.4 is 5.56 Å². The third-order valence-electron chi connectivity index (χ3n) is 4.19. The van der Waals surface area contributed by atoms with E-state index in [0.29, 0.717) is 24.4 Å². The molecule has 0 saturated heterocycles. The van der Waals surface area contributed by atoms with Crippen molar-refractivity contribution in [1.82, 2.24) is 9.47 Å². The lowest BCUT2D eigenvalue weighted by Crippen LogP contribution is -2.37. The van der Waals surface area contributed by atoms with Gasteiger partial charge >= 0.3 is 0 Å². The van der Waals surface area contributed by atoms with E-state index in [9.17, 15) is 14.4 Å². The smallest absolute Gasteiger partial charge is 0.251 e. The number of carbonyl (C=O) groups excluding carboxylic acids is 2. The van der Waals surface area contributed by atoms with Crippen LogP contribution in [0.1, 0.15) is 41.7 Å².